The Labute approximate surface area is 65.0 Å². The summed E-state index contributed by atoms with van der Waals surface area (Å²) in [5.41, 5.74) is 7.61. The van der Waals surface area contributed by atoms with Crippen molar-refractivity contribution in [1.29, 1.82) is 5.26 Å². The molecule has 0 saturated carbocycles. The number of nitrogens with two attached hydrogens (primary N) is 1. The number of aromatic nitrogens is 1. The fourth-order valence-corrected chi connectivity index (χ4v) is 1.57. The first-order chi connectivity index (χ1) is 5.33. The minimum Gasteiger partial charge on any atom is -0.335 e. The van der Waals surface area contributed by atoms with E-state index in [9.17, 15) is 0 Å². The van der Waals surface area contributed by atoms with Crippen LogP contribution in [0.3, 0.4) is 0 Å². The van der Waals surface area contributed by atoms with Crippen molar-refractivity contribution >= 4 is 0 Å². The van der Waals surface area contributed by atoms with Crippen molar-refractivity contribution < 1.29 is 0 Å². The maximum absolute atomic E-state index is 8.67. The molecule has 11 heavy (non-hydrogen) atoms. The lowest BCUT2D eigenvalue weighted by atomic mass is 10.2. The molecule has 2 rings (SSSR count). The maximum atomic E-state index is 8.67. The first kappa shape index (κ1) is 6.44. The number of hydrogen-bond acceptors (Lipinski definition) is 2. The van der Waals surface area contributed by atoms with Crippen LogP contribution in [0.15, 0.2) is 12.1 Å². The molecular weight excluding hydrogens is 138 g/mol. The molecule has 1 aliphatic heterocycles. The highest BCUT2D eigenvalue weighted by Crippen LogP contribution is 2.25. The Kier molecular flexibility index (Phi) is 1.23. The molecule has 56 valence electrons. The molecule has 2 N–H and O–H groups in total. The second-order valence-electron chi connectivity index (χ2n) is 2.80. The van der Waals surface area contributed by atoms with E-state index in [-0.39, 0.29) is 6.04 Å². The molecule has 0 radical (unpaired) electrons. The molecule has 0 aliphatic carbocycles. The van der Waals surface area contributed by atoms with E-state index in [1.165, 1.54) is 0 Å². The first-order valence-corrected chi connectivity index (χ1v) is 3.68. The lowest BCUT2D eigenvalue weighted by molar-refractivity contribution is 0.681. The number of rotatable bonds is 0. The van der Waals surface area contributed by atoms with Gasteiger partial charge in [-0.15, -0.1) is 0 Å². The van der Waals surface area contributed by atoms with Crippen molar-refractivity contribution in [1.82, 2.24) is 4.57 Å². The molecule has 0 fully saturated rings. The molecule has 3 heteroatoms. The van der Waals surface area contributed by atoms with E-state index in [0.29, 0.717) is 0 Å². The summed E-state index contributed by atoms with van der Waals surface area (Å²) >= 11 is 0. The predicted molar refractivity (Wildman–Crippen MR) is 40.7 cm³/mol. The van der Waals surface area contributed by atoms with Gasteiger partial charge in [-0.2, -0.15) is 5.26 Å². The standard InChI is InChI=1S/C8H9N3/c9-5-6-1-2-8-7(10)3-4-11(6)8/h1-2,7H,3-4,10H2/t7-/m0/s1. The molecule has 0 amide bonds. The number of nitrogens with zero attached hydrogens (tertiary/aromatic N) is 2. The second-order valence-corrected chi connectivity index (χ2v) is 2.80. The van der Waals surface area contributed by atoms with Gasteiger partial charge >= 0.3 is 0 Å². The lowest BCUT2D eigenvalue weighted by Gasteiger charge is -1.98. The van der Waals surface area contributed by atoms with Gasteiger partial charge in [-0.1, -0.05) is 0 Å². The average molecular weight is 147 g/mol. The van der Waals surface area contributed by atoms with Gasteiger partial charge in [-0.3, -0.25) is 0 Å². The van der Waals surface area contributed by atoms with Crippen molar-refractivity contribution in [2.45, 2.75) is 19.0 Å². The van der Waals surface area contributed by atoms with Gasteiger partial charge in [-0.05, 0) is 18.6 Å². The quantitative estimate of drug-likeness (QED) is 0.589. The van der Waals surface area contributed by atoms with Gasteiger partial charge in [0.25, 0.3) is 0 Å². The van der Waals surface area contributed by atoms with Crippen LogP contribution in [-0.4, -0.2) is 4.57 Å². The summed E-state index contributed by atoms with van der Waals surface area (Å²) < 4.78 is 1.99. The summed E-state index contributed by atoms with van der Waals surface area (Å²) in [5.74, 6) is 0. The van der Waals surface area contributed by atoms with Gasteiger partial charge in [0.05, 0.1) is 0 Å². The SMILES string of the molecule is N#Cc1ccc2n1CC[C@@H]2N. The van der Waals surface area contributed by atoms with E-state index in [1.807, 2.05) is 16.7 Å². The van der Waals surface area contributed by atoms with Crippen LogP contribution < -0.4 is 5.73 Å². The van der Waals surface area contributed by atoms with Gasteiger partial charge in [0, 0.05) is 18.3 Å². The summed E-state index contributed by atoms with van der Waals surface area (Å²) in [5, 5.41) is 8.67. The fourth-order valence-electron chi connectivity index (χ4n) is 1.57. The Morgan fingerprint density at radius 3 is 3.18 bits per heavy atom. The van der Waals surface area contributed by atoms with E-state index in [1.54, 1.807) is 0 Å². The van der Waals surface area contributed by atoms with Gasteiger partial charge in [-0.25, -0.2) is 0 Å². The Balaban J connectivity index is 2.54. The highest BCUT2D eigenvalue weighted by molar-refractivity contribution is 5.30. The van der Waals surface area contributed by atoms with Crippen LogP contribution >= 0.6 is 0 Å². The summed E-state index contributed by atoms with van der Waals surface area (Å²) in [7, 11) is 0. The van der Waals surface area contributed by atoms with Crippen LogP contribution in [-0.2, 0) is 6.54 Å². The lowest BCUT2D eigenvalue weighted by Crippen LogP contribution is -2.04. The summed E-state index contributed by atoms with van der Waals surface area (Å²) in [6.07, 6.45) is 0.963. The summed E-state index contributed by atoms with van der Waals surface area (Å²) in [6.45, 7) is 0.895. The molecule has 1 atom stereocenters. The van der Waals surface area contributed by atoms with Crippen molar-refractivity contribution in [3.63, 3.8) is 0 Å². The molecule has 3 nitrogen and oxygen atoms in total. The predicted octanol–water partition coefficient (Wildman–Crippen LogP) is 0.763. The minimum atomic E-state index is 0.136. The van der Waals surface area contributed by atoms with E-state index in [4.69, 9.17) is 11.0 Å². The zero-order valence-electron chi connectivity index (χ0n) is 6.12. The van der Waals surface area contributed by atoms with Crippen molar-refractivity contribution in [2.24, 2.45) is 5.73 Å². The molecule has 1 aromatic rings. The van der Waals surface area contributed by atoms with Crippen LogP contribution in [0.4, 0.5) is 0 Å². The second kappa shape index (κ2) is 2.11. The van der Waals surface area contributed by atoms with Crippen LogP contribution in [0.5, 0.6) is 0 Å². The van der Waals surface area contributed by atoms with E-state index in [2.05, 4.69) is 6.07 Å². The maximum Gasteiger partial charge on any atom is 0.120 e. The third-order valence-electron chi connectivity index (χ3n) is 2.17. The molecule has 2 heterocycles. The van der Waals surface area contributed by atoms with E-state index >= 15 is 0 Å². The highest BCUT2D eigenvalue weighted by atomic mass is 15.0. The van der Waals surface area contributed by atoms with Crippen molar-refractivity contribution in [3.05, 3.63) is 23.5 Å². The van der Waals surface area contributed by atoms with Gasteiger partial charge < -0.3 is 10.3 Å². The summed E-state index contributed by atoms with van der Waals surface area (Å²) in [6, 6.07) is 6.04. The minimum absolute atomic E-state index is 0.136. The zero-order chi connectivity index (χ0) is 7.84. The topological polar surface area (TPSA) is 54.7 Å². The number of nitriles is 1. The Bertz CT molecular complexity index is 319. The first-order valence-electron chi connectivity index (χ1n) is 3.68. The molecule has 0 aromatic carbocycles. The van der Waals surface area contributed by atoms with E-state index in [0.717, 1.165) is 24.4 Å². The Hall–Kier alpha value is -1.27. The smallest absolute Gasteiger partial charge is 0.120 e. The third-order valence-corrected chi connectivity index (χ3v) is 2.17. The number of fused-ring (bicyclic) bond motifs is 1. The van der Waals surface area contributed by atoms with Gasteiger partial charge in [0.1, 0.15) is 11.8 Å². The molecule has 0 spiro atoms. The van der Waals surface area contributed by atoms with Crippen LogP contribution in [0.1, 0.15) is 23.9 Å². The third kappa shape index (κ3) is 0.765. The molecule has 1 aliphatic rings. The Morgan fingerprint density at radius 1 is 1.64 bits per heavy atom. The van der Waals surface area contributed by atoms with Crippen LogP contribution in [0.25, 0.3) is 0 Å². The average Bonchev–Trinajstić information content (AvgIpc) is 2.53. The molecule has 1 aromatic heterocycles. The monoisotopic (exact) mass is 147 g/mol. The van der Waals surface area contributed by atoms with Gasteiger partial charge in [0.2, 0.25) is 0 Å². The summed E-state index contributed by atoms with van der Waals surface area (Å²) in [4.78, 5) is 0. The van der Waals surface area contributed by atoms with Gasteiger partial charge in [0.15, 0.2) is 0 Å². The molecular formula is C8H9N3. The van der Waals surface area contributed by atoms with Crippen molar-refractivity contribution in [3.8, 4) is 6.07 Å². The zero-order valence-corrected chi connectivity index (χ0v) is 6.12. The highest BCUT2D eigenvalue weighted by Gasteiger charge is 2.20. The van der Waals surface area contributed by atoms with Crippen LogP contribution in [0, 0.1) is 11.3 Å². The normalized spacial score (nSPS) is 21.3. The Morgan fingerprint density at radius 2 is 2.45 bits per heavy atom. The molecule has 0 unspecified atom stereocenters. The molecule has 0 bridgehead atoms. The number of hydrogen-bond donors (Lipinski definition) is 1. The molecule has 0 saturated heterocycles. The fraction of sp³-hybridized carbons (Fsp3) is 0.375. The van der Waals surface area contributed by atoms with E-state index < -0.39 is 0 Å². The largest absolute Gasteiger partial charge is 0.335 e. The van der Waals surface area contributed by atoms with Crippen LogP contribution in [0.2, 0.25) is 0 Å². The van der Waals surface area contributed by atoms with Crippen molar-refractivity contribution in [2.75, 3.05) is 0 Å².